The van der Waals surface area contributed by atoms with Crippen molar-refractivity contribution >= 4 is 18.0 Å². The van der Waals surface area contributed by atoms with Gasteiger partial charge < -0.3 is 14.8 Å². The minimum atomic E-state index is -0.538. The van der Waals surface area contributed by atoms with Crippen molar-refractivity contribution in [1.29, 1.82) is 0 Å². The van der Waals surface area contributed by atoms with E-state index >= 15 is 0 Å². The van der Waals surface area contributed by atoms with Crippen LogP contribution < -0.4 is 20.2 Å². The molecule has 4 rings (SSSR count). The van der Waals surface area contributed by atoms with Crippen LogP contribution in [-0.4, -0.2) is 25.1 Å². The SMILES string of the molecule is COc1cc(/C=N\NC(=O)C[C@@H](NC(=O)c2ccccc2)c2ccccc2)ccc1OCc1cccc(F)c1. The van der Waals surface area contributed by atoms with Gasteiger partial charge in [-0.15, -0.1) is 0 Å². The third-order valence-electron chi connectivity index (χ3n) is 5.81. The topological polar surface area (TPSA) is 89.0 Å². The Hall–Kier alpha value is -4.98. The summed E-state index contributed by atoms with van der Waals surface area (Å²) in [6.07, 6.45) is 1.48. The number of hydrazone groups is 1. The number of rotatable bonds is 11. The van der Waals surface area contributed by atoms with E-state index in [1.54, 1.807) is 54.6 Å². The van der Waals surface area contributed by atoms with Gasteiger partial charge in [0.05, 0.1) is 25.8 Å². The van der Waals surface area contributed by atoms with Crippen molar-refractivity contribution in [2.24, 2.45) is 5.10 Å². The van der Waals surface area contributed by atoms with Crippen LogP contribution in [0.1, 0.15) is 39.5 Å². The number of hydrogen-bond acceptors (Lipinski definition) is 5. The van der Waals surface area contributed by atoms with E-state index in [0.717, 1.165) is 5.56 Å². The molecule has 7 nitrogen and oxygen atoms in total. The maximum atomic E-state index is 13.4. The van der Waals surface area contributed by atoms with Crippen molar-refractivity contribution in [3.8, 4) is 11.5 Å². The van der Waals surface area contributed by atoms with Crippen LogP contribution in [0.5, 0.6) is 11.5 Å². The molecule has 0 fully saturated rings. The largest absolute Gasteiger partial charge is 0.493 e. The molecule has 0 spiro atoms. The quantitative estimate of drug-likeness (QED) is 0.202. The van der Waals surface area contributed by atoms with Crippen LogP contribution >= 0.6 is 0 Å². The van der Waals surface area contributed by atoms with E-state index in [-0.39, 0.29) is 30.7 Å². The van der Waals surface area contributed by atoms with E-state index in [1.165, 1.54) is 25.5 Å². The molecule has 0 aliphatic rings. The van der Waals surface area contributed by atoms with Gasteiger partial charge in [0.1, 0.15) is 12.4 Å². The van der Waals surface area contributed by atoms with E-state index < -0.39 is 6.04 Å². The lowest BCUT2D eigenvalue weighted by molar-refractivity contribution is -0.121. The highest BCUT2D eigenvalue weighted by molar-refractivity contribution is 5.94. The lowest BCUT2D eigenvalue weighted by atomic mass is 10.0. The molecule has 4 aromatic carbocycles. The Kier molecular flexibility index (Phi) is 9.39. The lowest BCUT2D eigenvalue weighted by Crippen LogP contribution is -2.32. The number of carbonyl (C=O) groups is 2. The Morgan fingerprint density at radius 1 is 0.897 bits per heavy atom. The van der Waals surface area contributed by atoms with E-state index in [0.29, 0.717) is 28.2 Å². The Labute approximate surface area is 226 Å². The predicted octanol–water partition coefficient (Wildman–Crippen LogP) is 5.42. The maximum absolute atomic E-state index is 13.4. The summed E-state index contributed by atoms with van der Waals surface area (Å²) in [7, 11) is 1.51. The molecular weight excluding hydrogens is 497 g/mol. The molecule has 2 amide bonds. The molecule has 0 radical (unpaired) electrons. The molecule has 0 aliphatic carbocycles. The molecule has 39 heavy (non-hydrogen) atoms. The summed E-state index contributed by atoms with van der Waals surface area (Å²) in [4.78, 5) is 25.4. The molecule has 0 heterocycles. The van der Waals surface area contributed by atoms with Crippen LogP contribution in [0.15, 0.2) is 108 Å². The molecule has 0 bridgehead atoms. The molecule has 0 saturated carbocycles. The molecule has 2 N–H and O–H groups in total. The van der Waals surface area contributed by atoms with Gasteiger partial charge in [0, 0.05) is 5.56 Å². The molecular formula is C31H28FN3O4. The molecule has 1 atom stereocenters. The molecule has 198 valence electrons. The second kappa shape index (κ2) is 13.5. The molecule has 0 aliphatic heterocycles. The van der Waals surface area contributed by atoms with Crippen molar-refractivity contribution in [3.63, 3.8) is 0 Å². The minimum absolute atomic E-state index is 0.00386. The summed E-state index contributed by atoms with van der Waals surface area (Å²) < 4.78 is 24.6. The number of nitrogens with one attached hydrogen (secondary N) is 2. The van der Waals surface area contributed by atoms with Crippen LogP contribution in [0.2, 0.25) is 0 Å². The van der Waals surface area contributed by atoms with E-state index in [2.05, 4.69) is 15.8 Å². The predicted molar refractivity (Wildman–Crippen MR) is 147 cm³/mol. The Morgan fingerprint density at radius 3 is 2.36 bits per heavy atom. The fourth-order valence-corrected chi connectivity index (χ4v) is 3.85. The summed E-state index contributed by atoms with van der Waals surface area (Å²) >= 11 is 0. The molecule has 0 unspecified atom stereocenters. The monoisotopic (exact) mass is 525 g/mol. The van der Waals surface area contributed by atoms with Crippen molar-refractivity contribution < 1.29 is 23.5 Å². The highest BCUT2D eigenvalue weighted by Gasteiger charge is 2.19. The normalized spacial score (nSPS) is 11.5. The lowest BCUT2D eigenvalue weighted by Gasteiger charge is -2.18. The first-order valence-electron chi connectivity index (χ1n) is 12.3. The fraction of sp³-hybridized carbons (Fsp3) is 0.129. The van der Waals surface area contributed by atoms with Gasteiger partial charge in [0.25, 0.3) is 5.91 Å². The van der Waals surface area contributed by atoms with Crippen LogP contribution in [0.25, 0.3) is 0 Å². The van der Waals surface area contributed by atoms with E-state index in [4.69, 9.17) is 9.47 Å². The fourth-order valence-electron chi connectivity index (χ4n) is 3.85. The zero-order valence-corrected chi connectivity index (χ0v) is 21.3. The first kappa shape index (κ1) is 27.1. The van der Waals surface area contributed by atoms with Gasteiger partial charge in [-0.25, -0.2) is 9.82 Å². The summed E-state index contributed by atoms with van der Waals surface area (Å²) in [5.74, 6) is -0.00868. The van der Waals surface area contributed by atoms with Crippen molar-refractivity contribution in [1.82, 2.24) is 10.7 Å². The van der Waals surface area contributed by atoms with Gasteiger partial charge in [0.15, 0.2) is 11.5 Å². The zero-order valence-electron chi connectivity index (χ0n) is 21.3. The van der Waals surface area contributed by atoms with E-state index in [9.17, 15) is 14.0 Å². The number of hydrogen-bond donors (Lipinski definition) is 2. The van der Waals surface area contributed by atoms with Gasteiger partial charge >= 0.3 is 0 Å². The number of nitrogens with zero attached hydrogens (tertiary/aromatic N) is 1. The second-order valence-electron chi connectivity index (χ2n) is 8.63. The van der Waals surface area contributed by atoms with Crippen molar-refractivity contribution in [2.75, 3.05) is 7.11 Å². The number of halogens is 1. The summed E-state index contributed by atoms with van der Waals surface area (Å²) in [6.45, 7) is 0.182. The highest BCUT2D eigenvalue weighted by Crippen LogP contribution is 2.28. The van der Waals surface area contributed by atoms with Gasteiger partial charge in [-0.05, 0) is 59.2 Å². The minimum Gasteiger partial charge on any atom is -0.493 e. The summed E-state index contributed by atoms with van der Waals surface area (Å²) in [6, 6.07) is 28.9. The number of ether oxygens (including phenoxy) is 2. The van der Waals surface area contributed by atoms with Crippen LogP contribution in [0, 0.1) is 5.82 Å². The summed E-state index contributed by atoms with van der Waals surface area (Å²) in [5, 5.41) is 6.99. The average molecular weight is 526 g/mol. The van der Waals surface area contributed by atoms with Gasteiger partial charge in [0.2, 0.25) is 5.91 Å². The Balaban J connectivity index is 1.37. The average Bonchev–Trinajstić information content (AvgIpc) is 2.97. The standard InChI is InChI=1S/C31H28FN3O4/c1-38-29-18-22(15-16-28(29)39-21-23-9-8-14-26(32)17-23)20-33-35-30(36)19-27(24-10-4-2-5-11-24)34-31(37)25-12-6-3-7-13-25/h2-18,20,27H,19,21H2,1H3,(H,34,37)(H,35,36)/b33-20-/t27-/m1/s1. The van der Waals surface area contributed by atoms with Gasteiger partial charge in [-0.2, -0.15) is 5.10 Å². The Bertz CT molecular complexity index is 1430. The van der Waals surface area contributed by atoms with Crippen LogP contribution in [0.4, 0.5) is 4.39 Å². The van der Waals surface area contributed by atoms with Gasteiger partial charge in [-0.3, -0.25) is 9.59 Å². The number of amides is 2. The molecule has 4 aromatic rings. The van der Waals surface area contributed by atoms with Crippen molar-refractivity contribution in [2.45, 2.75) is 19.1 Å². The smallest absolute Gasteiger partial charge is 0.251 e. The third-order valence-corrected chi connectivity index (χ3v) is 5.81. The van der Waals surface area contributed by atoms with Crippen molar-refractivity contribution in [3.05, 3.63) is 131 Å². The number of methoxy groups -OCH3 is 1. The first-order valence-corrected chi connectivity index (χ1v) is 12.3. The molecule has 0 saturated heterocycles. The number of benzene rings is 4. The first-order chi connectivity index (χ1) is 19.0. The zero-order chi connectivity index (χ0) is 27.5. The highest BCUT2D eigenvalue weighted by atomic mass is 19.1. The van der Waals surface area contributed by atoms with Crippen LogP contribution in [-0.2, 0) is 11.4 Å². The van der Waals surface area contributed by atoms with E-state index in [1.807, 2.05) is 36.4 Å². The number of carbonyl (C=O) groups excluding carboxylic acids is 2. The third kappa shape index (κ3) is 8.00. The molecule has 8 heteroatoms. The second-order valence-corrected chi connectivity index (χ2v) is 8.63. The van der Waals surface area contributed by atoms with Crippen LogP contribution in [0.3, 0.4) is 0 Å². The summed E-state index contributed by atoms with van der Waals surface area (Å²) in [5.41, 5.74) is 5.20. The molecule has 0 aromatic heterocycles. The van der Waals surface area contributed by atoms with Gasteiger partial charge in [-0.1, -0.05) is 60.7 Å². The maximum Gasteiger partial charge on any atom is 0.251 e. The Morgan fingerprint density at radius 2 is 1.64 bits per heavy atom.